The maximum Gasteiger partial charge on any atom is 0.271 e. The Hall–Kier alpha value is -5.02. The molecule has 3 aromatic carbocycles. The van der Waals surface area contributed by atoms with Crippen LogP contribution in [0.15, 0.2) is 98.6 Å². The Balaban J connectivity index is 1.40. The summed E-state index contributed by atoms with van der Waals surface area (Å²) >= 11 is 1.32. The molecule has 9 heteroatoms. The van der Waals surface area contributed by atoms with Crippen molar-refractivity contribution in [2.45, 2.75) is 25.8 Å². The standard InChI is InChI=1S/C33H25N3O5S/c1-19-11-13-21(36(38)39)17-26(19)28-16-14-22(41-28)18-29-32(37)35-31(24-9-5-6-10-27(24)40-2)25-15-12-20-7-3-4-8-23(20)30(25)34-33(35)42-29/h3-11,13-14,16-18,31H,12,15H2,1-2H3/b29-18-/t31-/m1/s1. The molecule has 3 heterocycles. The van der Waals surface area contributed by atoms with Crippen molar-refractivity contribution in [2.24, 2.45) is 4.99 Å². The third-order valence-corrected chi connectivity index (χ3v) is 8.89. The number of rotatable bonds is 5. The predicted molar refractivity (Wildman–Crippen MR) is 161 cm³/mol. The number of nitro benzene ring substituents is 1. The van der Waals surface area contributed by atoms with Crippen LogP contribution in [0, 0.1) is 17.0 Å². The summed E-state index contributed by atoms with van der Waals surface area (Å²) in [7, 11) is 1.64. The molecule has 0 amide bonds. The zero-order chi connectivity index (χ0) is 29.0. The summed E-state index contributed by atoms with van der Waals surface area (Å²) in [5, 5.41) is 11.3. The molecule has 0 saturated heterocycles. The molecule has 1 atom stereocenters. The molecular formula is C33H25N3O5S. The van der Waals surface area contributed by atoms with Gasteiger partial charge in [0.2, 0.25) is 0 Å². The molecular weight excluding hydrogens is 550 g/mol. The summed E-state index contributed by atoms with van der Waals surface area (Å²) in [6, 6.07) is 24.0. The fourth-order valence-electron chi connectivity index (χ4n) is 5.88. The van der Waals surface area contributed by atoms with Gasteiger partial charge in [0.1, 0.15) is 17.3 Å². The normalized spacial score (nSPS) is 16.0. The Bertz CT molecular complexity index is 2120. The van der Waals surface area contributed by atoms with Crippen molar-refractivity contribution in [1.29, 1.82) is 0 Å². The highest BCUT2D eigenvalue weighted by Gasteiger charge is 2.34. The Morgan fingerprint density at radius 1 is 1.05 bits per heavy atom. The number of hydrogen-bond acceptors (Lipinski definition) is 7. The number of methoxy groups -OCH3 is 1. The maximum atomic E-state index is 14.1. The highest BCUT2D eigenvalue weighted by atomic mass is 32.1. The van der Waals surface area contributed by atoms with E-state index in [4.69, 9.17) is 14.1 Å². The van der Waals surface area contributed by atoms with Gasteiger partial charge in [0, 0.05) is 34.9 Å². The minimum absolute atomic E-state index is 0.0104. The van der Waals surface area contributed by atoms with Crippen molar-refractivity contribution in [3.05, 3.63) is 142 Å². The second kappa shape index (κ2) is 10.1. The highest BCUT2D eigenvalue weighted by molar-refractivity contribution is 7.07. The SMILES string of the molecule is COc1ccccc1[C@@H]1C2=C(N=c3s/c(=C\c4ccc(-c5cc([N+](=O)[O-])ccc5C)o4)c(=O)n31)c1ccccc1CC2. The predicted octanol–water partition coefficient (Wildman–Crippen LogP) is 5.80. The van der Waals surface area contributed by atoms with Crippen LogP contribution in [0.3, 0.4) is 0 Å². The van der Waals surface area contributed by atoms with Crippen molar-refractivity contribution in [3.63, 3.8) is 0 Å². The molecule has 1 aliphatic heterocycles. The average molecular weight is 576 g/mol. The Labute approximate surface area is 244 Å². The number of non-ortho nitro benzene ring substituents is 1. The summed E-state index contributed by atoms with van der Waals surface area (Å²) in [6.45, 7) is 1.87. The quantitative estimate of drug-likeness (QED) is 0.195. The van der Waals surface area contributed by atoms with E-state index in [1.165, 1.54) is 29.0 Å². The topological polar surface area (TPSA) is 99.9 Å². The van der Waals surface area contributed by atoms with Crippen LogP contribution in [0.1, 0.15) is 40.5 Å². The zero-order valence-electron chi connectivity index (χ0n) is 22.9. The number of nitro groups is 1. The van der Waals surface area contributed by atoms with Crippen LogP contribution in [0.2, 0.25) is 0 Å². The van der Waals surface area contributed by atoms with Gasteiger partial charge in [0.25, 0.3) is 11.2 Å². The maximum absolute atomic E-state index is 14.1. The van der Waals surface area contributed by atoms with Gasteiger partial charge in [-0.1, -0.05) is 59.9 Å². The lowest BCUT2D eigenvalue weighted by Gasteiger charge is -2.31. The number of nitrogens with zero attached hydrogens (tertiary/aromatic N) is 3. The van der Waals surface area contributed by atoms with Crippen molar-refractivity contribution < 1.29 is 14.1 Å². The van der Waals surface area contributed by atoms with Crippen LogP contribution in [0.25, 0.3) is 23.1 Å². The Morgan fingerprint density at radius 2 is 1.86 bits per heavy atom. The van der Waals surface area contributed by atoms with E-state index >= 15 is 0 Å². The minimum atomic E-state index is -0.427. The van der Waals surface area contributed by atoms with Gasteiger partial charge in [-0.3, -0.25) is 19.5 Å². The van der Waals surface area contributed by atoms with E-state index in [1.807, 2.05) is 43.3 Å². The average Bonchev–Trinajstić information content (AvgIpc) is 3.60. The van der Waals surface area contributed by atoms with Crippen molar-refractivity contribution in [1.82, 2.24) is 4.57 Å². The van der Waals surface area contributed by atoms with Crippen molar-refractivity contribution >= 4 is 28.8 Å². The fourth-order valence-corrected chi connectivity index (χ4v) is 6.87. The third-order valence-electron chi connectivity index (χ3n) is 7.90. The third kappa shape index (κ3) is 4.21. The van der Waals surface area contributed by atoms with Crippen molar-refractivity contribution in [2.75, 3.05) is 7.11 Å². The van der Waals surface area contributed by atoms with E-state index in [0.717, 1.165) is 40.8 Å². The number of ether oxygens (including phenoxy) is 1. The molecule has 1 aliphatic carbocycles. The first-order chi connectivity index (χ1) is 20.4. The second-order valence-electron chi connectivity index (χ2n) is 10.3. The molecule has 208 valence electrons. The number of allylic oxidation sites excluding steroid dienone is 1. The second-order valence-corrected chi connectivity index (χ2v) is 11.3. The number of fused-ring (bicyclic) bond motifs is 3. The number of benzene rings is 3. The molecule has 7 rings (SSSR count). The summed E-state index contributed by atoms with van der Waals surface area (Å²) in [6.07, 6.45) is 3.37. The van der Waals surface area contributed by atoms with Crippen LogP contribution in [0.4, 0.5) is 5.69 Å². The van der Waals surface area contributed by atoms with Gasteiger partial charge in [0.15, 0.2) is 4.80 Å². The first-order valence-corrected chi connectivity index (χ1v) is 14.4. The lowest BCUT2D eigenvalue weighted by molar-refractivity contribution is -0.384. The van der Waals surface area contributed by atoms with E-state index in [1.54, 1.807) is 36.0 Å². The summed E-state index contributed by atoms with van der Waals surface area (Å²) in [4.78, 5) is 30.6. The van der Waals surface area contributed by atoms with Gasteiger partial charge in [-0.05, 0) is 54.7 Å². The van der Waals surface area contributed by atoms with Crippen LogP contribution in [-0.4, -0.2) is 16.6 Å². The Morgan fingerprint density at radius 3 is 2.69 bits per heavy atom. The van der Waals surface area contributed by atoms with E-state index < -0.39 is 4.92 Å². The highest BCUT2D eigenvalue weighted by Crippen LogP contribution is 2.43. The van der Waals surface area contributed by atoms with E-state index in [9.17, 15) is 14.9 Å². The first-order valence-electron chi connectivity index (χ1n) is 13.5. The molecule has 8 nitrogen and oxygen atoms in total. The molecule has 42 heavy (non-hydrogen) atoms. The minimum Gasteiger partial charge on any atom is -0.496 e. The molecule has 0 bridgehead atoms. The van der Waals surface area contributed by atoms with Gasteiger partial charge < -0.3 is 9.15 Å². The van der Waals surface area contributed by atoms with E-state index in [-0.39, 0.29) is 17.3 Å². The van der Waals surface area contributed by atoms with Crippen LogP contribution in [-0.2, 0) is 6.42 Å². The van der Waals surface area contributed by atoms with Crippen LogP contribution >= 0.6 is 11.3 Å². The monoisotopic (exact) mass is 575 g/mol. The number of hydrogen-bond donors (Lipinski definition) is 0. The summed E-state index contributed by atoms with van der Waals surface area (Å²) in [5.74, 6) is 1.69. The molecule has 0 N–H and O–H groups in total. The molecule has 0 radical (unpaired) electrons. The molecule has 0 spiro atoms. The number of aromatic nitrogens is 1. The molecule has 2 aliphatic rings. The number of furan rings is 1. The summed E-state index contributed by atoms with van der Waals surface area (Å²) in [5.41, 5.74) is 6.58. The lowest BCUT2D eigenvalue weighted by atomic mass is 9.83. The van der Waals surface area contributed by atoms with Gasteiger partial charge in [-0.15, -0.1) is 0 Å². The van der Waals surface area contributed by atoms with Crippen molar-refractivity contribution in [3.8, 4) is 17.1 Å². The number of para-hydroxylation sites is 1. The lowest BCUT2D eigenvalue weighted by Crippen LogP contribution is -2.38. The first kappa shape index (κ1) is 25.9. The fraction of sp³-hybridized carbons (Fsp3) is 0.152. The summed E-state index contributed by atoms with van der Waals surface area (Å²) < 4.78 is 14.1. The van der Waals surface area contributed by atoms with Crippen LogP contribution < -0.4 is 19.6 Å². The molecule has 2 aromatic heterocycles. The smallest absolute Gasteiger partial charge is 0.271 e. The largest absolute Gasteiger partial charge is 0.496 e. The molecule has 0 fully saturated rings. The molecule has 5 aromatic rings. The van der Waals surface area contributed by atoms with E-state index in [2.05, 4.69) is 12.1 Å². The number of thiazole rings is 1. The van der Waals surface area contributed by atoms with E-state index in [0.29, 0.717) is 32.2 Å². The van der Waals surface area contributed by atoms with Gasteiger partial charge >= 0.3 is 0 Å². The number of aryl methyl sites for hydroxylation is 2. The molecule has 0 saturated carbocycles. The van der Waals surface area contributed by atoms with Crippen LogP contribution in [0.5, 0.6) is 5.75 Å². The van der Waals surface area contributed by atoms with Gasteiger partial charge in [0.05, 0.1) is 28.3 Å². The zero-order valence-corrected chi connectivity index (χ0v) is 23.7. The van der Waals surface area contributed by atoms with Gasteiger partial charge in [-0.2, -0.15) is 0 Å². The molecule has 0 unspecified atom stereocenters. The van der Waals surface area contributed by atoms with Gasteiger partial charge in [-0.25, -0.2) is 4.99 Å². The Kier molecular flexibility index (Phi) is 6.24.